The average molecular weight is 245 g/mol. The van der Waals surface area contributed by atoms with E-state index < -0.39 is 0 Å². The minimum absolute atomic E-state index is 0.0701. The van der Waals surface area contributed by atoms with Gasteiger partial charge in [-0.15, -0.1) is 0 Å². The minimum atomic E-state index is 0.0701. The molecule has 0 aliphatic heterocycles. The van der Waals surface area contributed by atoms with Gasteiger partial charge in [-0.25, -0.2) is 0 Å². The first-order valence-electron chi connectivity index (χ1n) is 5.53. The van der Waals surface area contributed by atoms with Crippen LogP contribution in [0.1, 0.15) is 12.8 Å². The fraction of sp³-hybridized carbons (Fsp3) is 0.250. The molecule has 0 bridgehead atoms. The molecule has 0 saturated heterocycles. The lowest BCUT2D eigenvalue weighted by Gasteiger charge is -1.96. The zero-order chi connectivity index (χ0) is 11.7. The molecule has 86 valence electrons. The molecule has 1 aliphatic rings. The molecular formula is C12H11N3OS. The highest BCUT2D eigenvalue weighted by molar-refractivity contribution is 7.10. The molecule has 4 nitrogen and oxygen atoms in total. The van der Waals surface area contributed by atoms with Crippen molar-refractivity contribution in [1.29, 1.82) is 0 Å². The Balaban J connectivity index is 1.76. The summed E-state index contributed by atoms with van der Waals surface area (Å²) in [6.07, 6.45) is 1.99. The number of carbonyl (C=O) groups is 1. The third-order valence-corrected chi connectivity index (χ3v) is 3.27. The Kier molecular flexibility index (Phi) is 2.60. The lowest BCUT2D eigenvalue weighted by Crippen LogP contribution is -2.12. The molecule has 1 saturated carbocycles. The monoisotopic (exact) mass is 245 g/mol. The predicted molar refractivity (Wildman–Crippen MR) is 66.7 cm³/mol. The van der Waals surface area contributed by atoms with Gasteiger partial charge in [0.1, 0.15) is 0 Å². The standard InChI is InChI=1S/C12H11N3OS/c16-11(9-6-7-9)14-12-13-10(15-17-12)8-4-2-1-3-5-8/h1-5,9H,6-7H2,(H,13,14,15,16). The van der Waals surface area contributed by atoms with Crippen LogP contribution < -0.4 is 5.32 Å². The first kappa shape index (κ1) is 10.4. The molecule has 0 spiro atoms. The lowest BCUT2D eigenvalue weighted by atomic mass is 10.2. The van der Waals surface area contributed by atoms with Gasteiger partial charge in [-0.3, -0.25) is 4.79 Å². The fourth-order valence-corrected chi connectivity index (χ4v) is 2.12. The van der Waals surface area contributed by atoms with Gasteiger partial charge in [0, 0.05) is 23.0 Å². The number of anilines is 1. The van der Waals surface area contributed by atoms with E-state index in [2.05, 4.69) is 14.7 Å². The van der Waals surface area contributed by atoms with Crippen molar-refractivity contribution in [1.82, 2.24) is 9.36 Å². The van der Waals surface area contributed by atoms with Gasteiger partial charge in [0.2, 0.25) is 11.0 Å². The second kappa shape index (κ2) is 4.25. The van der Waals surface area contributed by atoms with Gasteiger partial charge in [-0.2, -0.15) is 9.36 Å². The second-order valence-corrected chi connectivity index (χ2v) is 4.80. The number of hydrogen-bond acceptors (Lipinski definition) is 4. The van der Waals surface area contributed by atoms with Crippen LogP contribution in [0.5, 0.6) is 0 Å². The van der Waals surface area contributed by atoms with E-state index in [1.165, 1.54) is 11.5 Å². The third-order valence-electron chi connectivity index (χ3n) is 2.64. The number of nitrogens with zero attached hydrogens (tertiary/aromatic N) is 2. The average Bonchev–Trinajstić information content (AvgIpc) is 3.12. The molecule has 1 aromatic carbocycles. The quantitative estimate of drug-likeness (QED) is 0.904. The zero-order valence-corrected chi connectivity index (χ0v) is 9.91. The third kappa shape index (κ3) is 2.34. The largest absolute Gasteiger partial charge is 0.300 e. The summed E-state index contributed by atoms with van der Waals surface area (Å²) in [7, 11) is 0. The Hall–Kier alpha value is -1.75. The van der Waals surface area contributed by atoms with Crippen molar-refractivity contribution in [2.45, 2.75) is 12.8 Å². The van der Waals surface area contributed by atoms with E-state index in [1.54, 1.807) is 0 Å². The number of amides is 1. The number of hydrogen-bond donors (Lipinski definition) is 1. The summed E-state index contributed by atoms with van der Waals surface area (Å²) in [6.45, 7) is 0. The highest BCUT2D eigenvalue weighted by atomic mass is 32.1. The van der Waals surface area contributed by atoms with Gasteiger partial charge < -0.3 is 5.32 Å². The molecule has 0 atom stereocenters. The predicted octanol–water partition coefficient (Wildman–Crippen LogP) is 2.55. The molecule has 5 heteroatoms. The molecule has 17 heavy (non-hydrogen) atoms. The number of aromatic nitrogens is 2. The Morgan fingerprint density at radius 2 is 2.06 bits per heavy atom. The van der Waals surface area contributed by atoms with Crippen molar-refractivity contribution in [3.8, 4) is 11.4 Å². The van der Waals surface area contributed by atoms with Crippen molar-refractivity contribution >= 4 is 22.6 Å². The first-order valence-corrected chi connectivity index (χ1v) is 6.30. The van der Waals surface area contributed by atoms with Gasteiger partial charge in [-0.05, 0) is 12.8 Å². The van der Waals surface area contributed by atoms with Crippen LogP contribution in [-0.2, 0) is 4.79 Å². The second-order valence-electron chi connectivity index (χ2n) is 4.05. The normalized spacial score (nSPS) is 14.6. The van der Waals surface area contributed by atoms with E-state index in [1.807, 2.05) is 30.3 Å². The SMILES string of the molecule is O=C(Nc1nc(-c2ccccc2)ns1)C1CC1. The fourth-order valence-electron chi connectivity index (χ4n) is 1.53. The number of nitrogens with one attached hydrogen (secondary N) is 1. The van der Waals surface area contributed by atoms with Gasteiger partial charge in [0.25, 0.3) is 0 Å². The zero-order valence-electron chi connectivity index (χ0n) is 9.09. The van der Waals surface area contributed by atoms with Gasteiger partial charge in [0.05, 0.1) is 0 Å². The first-order chi connectivity index (χ1) is 8.33. The molecule has 1 amide bonds. The number of benzene rings is 1. The number of rotatable bonds is 3. The van der Waals surface area contributed by atoms with Crippen molar-refractivity contribution < 1.29 is 4.79 Å². The summed E-state index contributed by atoms with van der Waals surface area (Å²) in [6, 6.07) is 9.74. The Morgan fingerprint density at radius 3 is 2.76 bits per heavy atom. The maximum absolute atomic E-state index is 11.5. The van der Waals surface area contributed by atoms with Crippen LogP contribution in [-0.4, -0.2) is 15.3 Å². The van der Waals surface area contributed by atoms with Crippen molar-refractivity contribution in [2.75, 3.05) is 5.32 Å². The van der Waals surface area contributed by atoms with E-state index >= 15 is 0 Å². The van der Waals surface area contributed by atoms with Crippen LogP contribution >= 0.6 is 11.5 Å². The molecular weight excluding hydrogens is 234 g/mol. The molecule has 1 N–H and O–H groups in total. The Labute approximate surface area is 103 Å². The summed E-state index contributed by atoms with van der Waals surface area (Å²) in [5, 5.41) is 3.38. The number of carbonyl (C=O) groups excluding carboxylic acids is 1. The van der Waals surface area contributed by atoms with E-state index in [4.69, 9.17) is 0 Å². The van der Waals surface area contributed by atoms with Crippen LogP contribution in [0.2, 0.25) is 0 Å². The summed E-state index contributed by atoms with van der Waals surface area (Å²) in [4.78, 5) is 15.9. The molecule has 0 radical (unpaired) electrons. The van der Waals surface area contributed by atoms with E-state index in [0.29, 0.717) is 11.0 Å². The molecule has 3 rings (SSSR count). The van der Waals surface area contributed by atoms with Crippen LogP contribution in [0.25, 0.3) is 11.4 Å². The molecule has 0 unspecified atom stereocenters. The molecule has 1 aromatic heterocycles. The van der Waals surface area contributed by atoms with Crippen LogP contribution in [0.3, 0.4) is 0 Å². The maximum atomic E-state index is 11.5. The summed E-state index contributed by atoms with van der Waals surface area (Å²) in [5.74, 6) is 0.932. The molecule has 1 heterocycles. The van der Waals surface area contributed by atoms with Crippen LogP contribution in [0, 0.1) is 5.92 Å². The van der Waals surface area contributed by atoms with Gasteiger partial charge in [-0.1, -0.05) is 30.3 Å². The van der Waals surface area contributed by atoms with Crippen molar-refractivity contribution in [3.05, 3.63) is 30.3 Å². The maximum Gasteiger partial charge on any atom is 0.229 e. The van der Waals surface area contributed by atoms with Crippen LogP contribution in [0.15, 0.2) is 30.3 Å². The van der Waals surface area contributed by atoms with E-state index in [9.17, 15) is 4.79 Å². The van der Waals surface area contributed by atoms with E-state index in [0.717, 1.165) is 18.4 Å². The van der Waals surface area contributed by atoms with E-state index in [-0.39, 0.29) is 11.8 Å². The lowest BCUT2D eigenvalue weighted by molar-refractivity contribution is -0.117. The minimum Gasteiger partial charge on any atom is -0.300 e. The van der Waals surface area contributed by atoms with Crippen molar-refractivity contribution in [3.63, 3.8) is 0 Å². The topological polar surface area (TPSA) is 54.9 Å². The van der Waals surface area contributed by atoms with Crippen LogP contribution in [0.4, 0.5) is 5.13 Å². The molecule has 1 aliphatic carbocycles. The summed E-state index contributed by atoms with van der Waals surface area (Å²) in [5.41, 5.74) is 0.968. The molecule has 1 fully saturated rings. The van der Waals surface area contributed by atoms with Gasteiger partial charge >= 0.3 is 0 Å². The Bertz CT molecular complexity index is 534. The summed E-state index contributed by atoms with van der Waals surface area (Å²) >= 11 is 1.22. The van der Waals surface area contributed by atoms with Gasteiger partial charge in [0.15, 0.2) is 5.82 Å². The molecule has 2 aromatic rings. The van der Waals surface area contributed by atoms with Crippen molar-refractivity contribution in [2.24, 2.45) is 5.92 Å². The smallest absolute Gasteiger partial charge is 0.229 e. The highest BCUT2D eigenvalue weighted by Gasteiger charge is 2.30. The highest BCUT2D eigenvalue weighted by Crippen LogP contribution is 2.30. The summed E-state index contributed by atoms with van der Waals surface area (Å²) < 4.78 is 4.24. The Morgan fingerprint density at radius 1 is 1.29 bits per heavy atom.